The summed E-state index contributed by atoms with van der Waals surface area (Å²) in [6, 6.07) is 12.6. The van der Waals surface area contributed by atoms with Crippen molar-refractivity contribution in [2.24, 2.45) is 0 Å². The third-order valence-corrected chi connectivity index (χ3v) is 7.91. The molecule has 0 amide bonds. The number of rotatable bonds is 4. The molecule has 1 heterocycles. The summed E-state index contributed by atoms with van der Waals surface area (Å²) in [4.78, 5) is 11.5. The molecule has 0 aliphatic carbocycles. The number of thioether (sulfide) groups is 2. The molecule has 4 nitrogen and oxygen atoms in total. The van der Waals surface area contributed by atoms with Crippen LogP contribution in [0.2, 0.25) is 0 Å². The van der Waals surface area contributed by atoms with Crippen LogP contribution in [0.4, 0.5) is 0 Å². The predicted molar refractivity (Wildman–Crippen MR) is 115 cm³/mol. The lowest BCUT2D eigenvalue weighted by Crippen LogP contribution is -2.26. The molecular formula is C22H22O4S2. The van der Waals surface area contributed by atoms with Crippen LogP contribution in [0.15, 0.2) is 42.5 Å². The van der Waals surface area contributed by atoms with E-state index in [1.54, 1.807) is 24.3 Å². The minimum absolute atomic E-state index is 0.00979. The Morgan fingerprint density at radius 3 is 2.57 bits per heavy atom. The zero-order valence-corrected chi connectivity index (χ0v) is 17.7. The van der Waals surface area contributed by atoms with E-state index in [2.05, 4.69) is 29.1 Å². The molecule has 2 aromatic rings. The fourth-order valence-electron chi connectivity index (χ4n) is 3.12. The molecule has 0 spiro atoms. The Morgan fingerprint density at radius 1 is 1.21 bits per heavy atom. The van der Waals surface area contributed by atoms with Gasteiger partial charge in [-0.25, -0.2) is 4.79 Å². The number of hydrogen-bond acceptors (Lipinski definition) is 6. The Kier molecular flexibility index (Phi) is 6.61. The van der Waals surface area contributed by atoms with Crippen LogP contribution in [-0.2, 0) is 8.82 Å². The molecule has 0 saturated heterocycles. The van der Waals surface area contributed by atoms with Crippen LogP contribution < -0.4 is 4.74 Å². The summed E-state index contributed by atoms with van der Waals surface area (Å²) < 4.78 is 10.5. The molecule has 0 radical (unpaired) electrons. The van der Waals surface area contributed by atoms with Crippen molar-refractivity contribution < 1.29 is 19.4 Å². The molecule has 2 aromatic carbocycles. The van der Waals surface area contributed by atoms with Gasteiger partial charge in [0, 0.05) is 17.5 Å². The summed E-state index contributed by atoms with van der Waals surface area (Å²) in [6.45, 7) is 0.659. The summed E-state index contributed by atoms with van der Waals surface area (Å²) in [5.74, 6) is 6.23. The van der Waals surface area contributed by atoms with Gasteiger partial charge in [-0.3, -0.25) is 0 Å². The highest BCUT2D eigenvalue weighted by atomic mass is 32.2. The Labute approximate surface area is 174 Å². The third-order valence-electron chi connectivity index (χ3n) is 4.74. The maximum absolute atomic E-state index is 11.5. The second kappa shape index (κ2) is 8.95. The Bertz CT molecular complexity index is 908. The van der Waals surface area contributed by atoms with Gasteiger partial charge in [0.05, 0.1) is 23.4 Å². The van der Waals surface area contributed by atoms with Gasteiger partial charge in [-0.15, -0.1) is 23.5 Å². The first-order valence-corrected chi connectivity index (χ1v) is 11.2. The Hall–Kier alpha value is -2.07. The molecule has 0 bridgehead atoms. The normalized spacial score (nSPS) is 15.4. The topological polar surface area (TPSA) is 55.8 Å². The van der Waals surface area contributed by atoms with Crippen molar-refractivity contribution in [3.8, 4) is 17.6 Å². The van der Waals surface area contributed by atoms with Gasteiger partial charge in [-0.1, -0.05) is 24.0 Å². The minimum atomic E-state index is -0.922. The van der Waals surface area contributed by atoms with Crippen LogP contribution in [-0.4, -0.2) is 37.3 Å². The molecule has 3 rings (SSSR count). The zero-order chi connectivity index (χ0) is 20.1. The fraction of sp³-hybridized carbons (Fsp3) is 0.318. The number of methoxy groups -OCH3 is 1. The van der Waals surface area contributed by atoms with Crippen molar-refractivity contribution in [2.75, 3.05) is 26.2 Å². The average molecular weight is 415 g/mol. The van der Waals surface area contributed by atoms with E-state index in [4.69, 9.17) is 4.74 Å². The molecule has 6 heteroatoms. The highest BCUT2D eigenvalue weighted by Crippen LogP contribution is 2.52. The smallest absolute Gasteiger partial charge is 0.337 e. The van der Waals surface area contributed by atoms with E-state index in [0.717, 1.165) is 17.7 Å². The molecule has 28 heavy (non-hydrogen) atoms. The number of ether oxygens (including phenoxy) is 2. The predicted octanol–water partition coefficient (Wildman–Crippen LogP) is 4.22. The molecular weight excluding hydrogens is 392 g/mol. The molecule has 1 aliphatic heterocycles. The summed E-state index contributed by atoms with van der Waals surface area (Å²) in [7, 11) is 1.34. The lowest BCUT2D eigenvalue weighted by atomic mass is 10.0. The summed E-state index contributed by atoms with van der Waals surface area (Å²) >= 11 is 3.64. The van der Waals surface area contributed by atoms with Gasteiger partial charge >= 0.3 is 5.97 Å². The van der Waals surface area contributed by atoms with E-state index in [1.165, 1.54) is 7.11 Å². The van der Waals surface area contributed by atoms with Crippen molar-refractivity contribution in [1.29, 1.82) is 0 Å². The summed E-state index contributed by atoms with van der Waals surface area (Å²) in [5.41, 5.74) is 3.03. The molecule has 1 atom stereocenters. The number of carbonyl (C=O) groups is 1. The summed E-state index contributed by atoms with van der Waals surface area (Å²) in [6.07, 6.45) is 4.26. The van der Waals surface area contributed by atoms with E-state index in [1.807, 2.05) is 41.7 Å². The molecule has 1 N–H and O–H groups in total. The van der Waals surface area contributed by atoms with Gasteiger partial charge in [0.1, 0.15) is 11.9 Å². The third kappa shape index (κ3) is 4.17. The van der Waals surface area contributed by atoms with Gasteiger partial charge in [-0.05, 0) is 48.4 Å². The molecule has 0 saturated carbocycles. The Balaban J connectivity index is 1.80. The number of aliphatic hydroxyl groups excluding tert-OH is 1. The number of esters is 1. The second-order valence-corrected chi connectivity index (χ2v) is 8.72. The SMILES string of the molecule is COC(=O)c1ccc(C#CC(O)c2ccc3c(c2)OCCC3(SC)SC)cc1. The molecule has 0 aromatic heterocycles. The van der Waals surface area contributed by atoms with Crippen molar-refractivity contribution in [3.63, 3.8) is 0 Å². The fourth-order valence-corrected chi connectivity index (χ4v) is 5.14. The van der Waals surface area contributed by atoms with Crippen LogP contribution in [0, 0.1) is 11.8 Å². The molecule has 0 fully saturated rings. The largest absolute Gasteiger partial charge is 0.493 e. The summed E-state index contributed by atoms with van der Waals surface area (Å²) in [5, 5.41) is 10.5. The van der Waals surface area contributed by atoms with Gasteiger partial charge < -0.3 is 14.6 Å². The number of aliphatic hydroxyl groups is 1. The number of carbonyl (C=O) groups excluding carboxylic acids is 1. The van der Waals surface area contributed by atoms with E-state index >= 15 is 0 Å². The van der Waals surface area contributed by atoms with Gasteiger partial charge in [0.25, 0.3) is 0 Å². The lowest BCUT2D eigenvalue weighted by Gasteiger charge is -2.36. The standard InChI is InChI=1S/C22H22O4S2/c1-25-21(24)16-7-4-15(5-8-16)6-11-19(23)17-9-10-18-20(14-17)26-13-12-22(18,27-2)28-3/h4-5,7-10,14,19,23H,12-13H2,1-3H3. The quantitative estimate of drug-likeness (QED) is 0.459. The average Bonchev–Trinajstić information content (AvgIpc) is 2.76. The van der Waals surface area contributed by atoms with Crippen LogP contribution in [0.1, 0.15) is 39.6 Å². The van der Waals surface area contributed by atoms with Gasteiger partial charge in [-0.2, -0.15) is 0 Å². The van der Waals surface area contributed by atoms with Crippen molar-refractivity contribution in [1.82, 2.24) is 0 Å². The first kappa shape index (κ1) is 20.7. The highest BCUT2D eigenvalue weighted by Gasteiger charge is 2.36. The van der Waals surface area contributed by atoms with Gasteiger partial charge in [0.15, 0.2) is 0 Å². The van der Waals surface area contributed by atoms with Crippen molar-refractivity contribution in [3.05, 3.63) is 64.7 Å². The van der Waals surface area contributed by atoms with Crippen molar-refractivity contribution in [2.45, 2.75) is 16.6 Å². The first-order valence-electron chi connectivity index (χ1n) is 8.78. The van der Waals surface area contributed by atoms with Gasteiger partial charge in [0.2, 0.25) is 0 Å². The van der Waals surface area contributed by atoms with Crippen LogP contribution in [0.5, 0.6) is 5.75 Å². The molecule has 1 unspecified atom stereocenters. The lowest BCUT2D eigenvalue weighted by molar-refractivity contribution is 0.0600. The van der Waals surface area contributed by atoms with E-state index in [0.29, 0.717) is 23.3 Å². The Morgan fingerprint density at radius 2 is 1.93 bits per heavy atom. The number of hydrogen-bond donors (Lipinski definition) is 1. The van der Waals surface area contributed by atoms with E-state index in [9.17, 15) is 9.90 Å². The maximum atomic E-state index is 11.5. The van der Waals surface area contributed by atoms with E-state index < -0.39 is 6.10 Å². The van der Waals surface area contributed by atoms with Crippen LogP contribution in [0.3, 0.4) is 0 Å². The monoisotopic (exact) mass is 414 g/mol. The first-order chi connectivity index (χ1) is 13.5. The minimum Gasteiger partial charge on any atom is -0.493 e. The molecule has 146 valence electrons. The zero-order valence-electron chi connectivity index (χ0n) is 16.0. The highest BCUT2D eigenvalue weighted by molar-refractivity contribution is 8.16. The number of benzene rings is 2. The van der Waals surface area contributed by atoms with Crippen LogP contribution >= 0.6 is 23.5 Å². The second-order valence-electron chi connectivity index (χ2n) is 6.26. The van der Waals surface area contributed by atoms with Crippen molar-refractivity contribution >= 4 is 29.5 Å². The maximum Gasteiger partial charge on any atom is 0.337 e. The van der Waals surface area contributed by atoms with Crippen LogP contribution in [0.25, 0.3) is 0 Å². The van der Waals surface area contributed by atoms with E-state index in [-0.39, 0.29) is 10.0 Å². The molecule has 1 aliphatic rings. The number of fused-ring (bicyclic) bond motifs is 1.